The number of halogens is 7. The third kappa shape index (κ3) is 3.72. The molecule has 3 aromatic rings. The molecule has 0 aliphatic heterocycles. The molecule has 0 fully saturated rings. The molecule has 0 radical (unpaired) electrons. The Labute approximate surface area is 183 Å². The molecule has 0 spiro atoms. The van der Waals surface area contributed by atoms with E-state index in [1.807, 2.05) is 0 Å². The lowest BCUT2D eigenvalue weighted by Crippen LogP contribution is -2.50. The third-order valence-corrected chi connectivity index (χ3v) is 4.91. The molecule has 0 amide bonds. The van der Waals surface area contributed by atoms with Gasteiger partial charge in [-0.2, -0.15) is 30.7 Å². The van der Waals surface area contributed by atoms with Crippen molar-refractivity contribution in [2.24, 2.45) is 0 Å². The largest absolute Gasteiger partial charge is 0.477 e. The number of aromatic nitrogens is 1. The summed E-state index contributed by atoms with van der Waals surface area (Å²) in [7, 11) is 0. The van der Waals surface area contributed by atoms with Crippen LogP contribution in [0.25, 0.3) is 21.9 Å². The van der Waals surface area contributed by atoms with Crippen LogP contribution in [0.1, 0.15) is 45.5 Å². The Bertz CT molecular complexity index is 1390. The summed E-state index contributed by atoms with van der Waals surface area (Å²) < 4.78 is 101. The van der Waals surface area contributed by atoms with Crippen molar-refractivity contribution in [3.8, 4) is 0 Å². The molecule has 2 aromatic heterocycles. The number of benzene rings is 1. The van der Waals surface area contributed by atoms with E-state index in [1.165, 1.54) is 6.92 Å². The lowest BCUT2D eigenvalue weighted by Gasteiger charge is -2.29. The van der Waals surface area contributed by atoms with Crippen LogP contribution in [0.3, 0.4) is 0 Å². The van der Waals surface area contributed by atoms with Crippen LogP contribution in [0.4, 0.5) is 30.7 Å². The Balaban J connectivity index is 2.61. The topological polar surface area (TPSA) is 118 Å². The molecule has 2 N–H and O–H groups in total. The highest BCUT2D eigenvalue weighted by Crippen LogP contribution is 2.53. The monoisotopic (exact) mass is 495 g/mol. The maximum Gasteiger partial charge on any atom is 0.460 e. The van der Waals surface area contributed by atoms with Gasteiger partial charge in [0.15, 0.2) is 5.43 Å². The molecule has 2 heterocycles. The number of fused-ring (bicyclic) bond motifs is 2. The van der Waals surface area contributed by atoms with Crippen molar-refractivity contribution in [2.75, 3.05) is 0 Å². The summed E-state index contributed by atoms with van der Waals surface area (Å²) in [6.45, 7) is 1.53. The first-order valence-corrected chi connectivity index (χ1v) is 9.28. The quantitative estimate of drug-likeness (QED) is 0.366. The molecule has 0 atom stereocenters. The van der Waals surface area contributed by atoms with Gasteiger partial charge in [0.25, 0.3) is 0 Å². The minimum absolute atomic E-state index is 0.126. The summed E-state index contributed by atoms with van der Waals surface area (Å²) in [6, 6.07) is 0.835. The smallest absolute Gasteiger partial charge is 0.460 e. The Morgan fingerprint density at radius 2 is 1.59 bits per heavy atom. The van der Waals surface area contributed by atoms with Crippen LogP contribution < -0.4 is 5.43 Å². The van der Waals surface area contributed by atoms with E-state index in [4.69, 9.17) is 9.52 Å². The third-order valence-electron chi connectivity index (χ3n) is 4.91. The molecule has 182 valence electrons. The first-order valence-electron chi connectivity index (χ1n) is 9.28. The summed E-state index contributed by atoms with van der Waals surface area (Å²) in [4.78, 5) is 38.7. The van der Waals surface area contributed by atoms with Crippen molar-refractivity contribution in [1.82, 2.24) is 4.98 Å². The van der Waals surface area contributed by atoms with E-state index in [1.54, 1.807) is 0 Å². The van der Waals surface area contributed by atoms with Gasteiger partial charge >= 0.3 is 30.0 Å². The minimum atomic E-state index is -6.71. The number of carboxylic acid groups (broad SMARTS) is 2. The predicted molar refractivity (Wildman–Crippen MR) is 101 cm³/mol. The Kier molecular flexibility index (Phi) is 5.83. The normalized spacial score (nSPS) is 12.9. The van der Waals surface area contributed by atoms with Gasteiger partial charge in [-0.15, -0.1) is 0 Å². The van der Waals surface area contributed by atoms with Crippen LogP contribution in [0.5, 0.6) is 0 Å². The van der Waals surface area contributed by atoms with Crippen molar-refractivity contribution in [2.45, 2.75) is 37.8 Å². The van der Waals surface area contributed by atoms with Crippen LogP contribution in [-0.4, -0.2) is 39.2 Å². The maximum absolute atomic E-state index is 14.7. The first kappa shape index (κ1) is 24.9. The van der Waals surface area contributed by atoms with Crippen molar-refractivity contribution < 1.29 is 55.0 Å². The SMILES string of the molecule is CCCc1c2nc(C(=O)O)cc(C(F)(F)C(F)(F)C(F)(F)F)c2cc2c(=O)cc(C(=O)O)oc12. The number of aromatic carboxylic acids is 2. The van der Waals surface area contributed by atoms with Gasteiger partial charge in [-0.05, 0) is 18.6 Å². The molecule has 14 heteroatoms. The summed E-state index contributed by atoms with van der Waals surface area (Å²) in [5.74, 6) is -17.2. The molecule has 0 aliphatic carbocycles. The highest BCUT2D eigenvalue weighted by Gasteiger charge is 2.73. The number of rotatable bonds is 6. The van der Waals surface area contributed by atoms with E-state index in [0.29, 0.717) is 12.1 Å². The molecule has 1 aromatic carbocycles. The lowest BCUT2D eigenvalue weighted by molar-refractivity contribution is -0.359. The maximum atomic E-state index is 14.7. The number of pyridine rings is 1. The minimum Gasteiger partial charge on any atom is -0.477 e. The summed E-state index contributed by atoms with van der Waals surface area (Å²) in [6.07, 6.45) is -6.77. The number of hydrogen-bond acceptors (Lipinski definition) is 5. The van der Waals surface area contributed by atoms with Gasteiger partial charge in [0.1, 0.15) is 11.3 Å². The van der Waals surface area contributed by atoms with Crippen LogP contribution >= 0.6 is 0 Å². The average Bonchev–Trinajstić information content (AvgIpc) is 2.72. The van der Waals surface area contributed by atoms with Gasteiger partial charge in [-0.1, -0.05) is 13.3 Å². The Hall–Kier alpha value is -3.71. The lowest BCUT2D eigenvalue weighted by atomic mass is 9.92. The molecular formula is C20H12F7NO6. The molecule has 0 bridgehead atoms. The summed E-state index contributed by atoms with van der Waals surface area (Å²) in [5.41, 5.74) is -6.01. The van der Waals surface area contributed by atoms with E-state index in [2.05, 4.69) is 4.98 Å². The zero-order valence-corrected chi connectivity index (χ0v) is 16.8. The fraction of sp³-hybridized carbons (Fsp3) is 0.300. The fourth-order valence-electron chi connectivity index (χ4n) is 3.35. The summed E-state index contributed by atoms with van der Waals surface area (Å²) in [5, 5.41) is 16.7. The predicted octanol–water partition coefficient (Wildman–Crippen LogP) is 4.98. The number of aryl methyl sites for hydroxylation is 1. The molecule has 7 nitrogen and oxygen atoms in total. The first-order chi connectivity index (χ1) is 15.5. The highest BCUT2D eigenvalue weighted by atomic mass is 19.4. The van der Waals surface area contributed by atoms with E-state index in [-0.39, 0.29) is 24.5 Å². The fourth-order valence-corrected chi connectivity index (χ4v) is 3.35. The van der Waals surface area contributed by atoms with Gasteiger partial charge in [0.2, 0.25) is 5.76 Å². The number of carboxylic acids is 2. The number of nitrogens with zero attached hydrogens (tertiary/aromatic N) is 1. The standard InChI is InChI=1S/C20H12F7NO6/c1-2-3-7-14-8(4-9-12(29)6-13(17(32)33)34-15(7)9)10(5-11(28-14)16(30)31)18(21,22)19(23,24)20(25,26)27/h4-6H,2-3H2,1H3,(H,30,31)(H,32,33). The van der Waals surface area contributed by atoms with E-state index in [9.17, 15) is 50.2 Å². The van der Waals surface area contributed by atoms with Gasteiger partial charge < -0.3 is 14.6 Å². The number of carbonyl (C=O) groups is 2. The average molecular weight is 495 g/mol. The van der Waals surface area contributed by atoms with Crippen LogP contribution in [0, 0.1) is 0 Å². The molecule has 3 rings (SSSR count). The zero-order valence-electron chi connectivity index (χ0n) is 16.8. The zero-order chi connectivity index (χ0) is 25.8. The Morgan fingerprint density at radius 3 is 2.09 bits per heavy atom. The van der Waals surface area contributed by atoms with E-state index >= 15 is 0 Å². The molecular weight excluding hydrogens is 483 g/mol. The highest BCUT2D eigenvalue weighted by molar-refractivity contribution is 6.02. The molecule has 0 saturated heterocycles. The van der Waals surface area contributed by atoms with Crippen LogP contribution in [-0.2, 0) is 12.3 Å². The molecule has 0 unspecified atom stereocenters. The Morgan fingerprint density at radius 1 is 0.971 bits per heavy atom. The van der Waals surface area contributed by atoms with Crippen molar-refractivity contribution >= 4 is 33.8 Å². The van der Waals surface area contributed by atoms with Gasteiger partial charge in [0.05, 0.1) is 10.9 Å². The number of alkyl halides is 7. The molecule has 0 aliphatic rings. The second kappa shape index (κ2) is 7.95. The van der Waals surface area contributed by atoms with E-state index in [0.717, 1.165) is 0 Å². The van der Waals surface area contributed by atoms with Crippen molar-refractivity contribution in [3.63, 3.8) is 0 Å². The van der Waals surface area contributed by atoms with Crippen molar-refractivity contribution in [3.05, 3.63) is 51.0 Å². The van der Waals surface area contributed by atoms with Crippen molar-refractivity contribution in [1.29, 1.82) is 0 Å². The van der Waals surface area contributed by atoms with Gasteiger partial charge in [-0.3, -0.25) is 4.79 Å². The summed E-state index contributed by atoms with van der Waals surface area (Å²) >= 11 is 0. The van der Waals surface area contributed by atoms with E-state index < -0.39 is 74.3 Å². The second-order valence-electron chi connectivity index (χ2n) is 7.16. The molecule has 34 heavy (non-hydrogen) atoms. The van der Waals surface area contributed by atoms with Gasteiger partial charge in [0, 0.05) is 22.6 Å². The molecule has 0 saturated carbocycles. The van der Waals surface area contributed by atoms with Crippen LogP contribution in [0.15, 0.2) is 27.4 Å². The second-order valence-corrected chi connectivity index (χ2v) is 7.16. The van der Waals surface area contributed by atoms with Gasteiger partial charge in [-0.25, -0.2) is 14.6 Å². The van der Waals surface area contributed by atoms with Crippen LogP contribution in [0.2, 0.25) is 0 Å². The number of hydrogen-bond donors (Lipinski definition) is 2.